The number of rotatable bonds is 5. The van der Waals surface area contributed by atoms with Gasteiger partial charge >= 0.3 is 5.97 Å². The van der Waals surface area contributed by atoms with Crippen LogP contribution in [0.4, 0.5) is 5.13 Å². The number of amides is 1. The smallest absolute Gasteiger partial charge is 0.350 e. The van der Waals surface area contributed by atoms with Crippen LogP contribution in [0.2, 0.25) is 0 Å². The Morgan fingerprint density at radius 1 is 1.40 bits per heavy atom. The van der Waals surface area contributed by atoms with Gasteiger partial charge in [-0.25, -0.2) is 9.78 Å². The molecule has 9 heteroatoms. The molecule has 0 radical (unpaired) electrons. The van der Waals surface area contributed by atoms with E-state index in [-0.39, 0.29) is 23.3 Å². The molecule has 0 spiro atoms. The highest BCUT2D eigenvalue weighted by molar-refractivity contribution is 9.10. The summed E-state index contributed by atoms with van der Waals surface area (Å²) >= 11 is 4.34. The van der Waals surface area contributed by atoms with Crippen LogP contribution in [0.25, 0.3) is 0 Å². The fourth-order valence-electron chi connectivity index (χ4n) is 2.08. The number of aryl methyl sites for hydroxylation is 2. The van der Waals surface area contributed by atoms with Crippen molar-refractivity contribution in [3.05, 3.63) is 43.2 Å². The van der Waals surface area contributed by atoms with E-state index in [1.54, 1.807) is 40.0 Å². The van der Waals surface area contributed by atoms with Crippen molar-refractivity contribution in [2.24, 2.45) is 0 Å². The minimum absolute atomic E-state index is 0.149. The van der Waals surface area contributed by atoms with Crippen molar-refractivity contribution in [2.75, 3.05) is 5.32 Å². The minimum atomic E-state index is -0.468. The number of carbonyl (C=O) groups excluding carboxylic acids is 2. The summed E-state index contributed by atoms with van der Waals surface area (Å²) in [5, 5.41) is 2.90. The summed E-state index contributed by atoms with van der Waals surface area (Å²) in [7, 11) is 0. The number of nitrogens with one attached hydrogen (secondary N) is 1. The Balaban J connectivity index is 2.12. The Morgan fingerprint density at radius 3 is 2.72 bits per heavy atom. The van der Waals surface area contributed by atoms with E-state index in [1.165, 1.54) is 4.57 Å². The molecule has 0 saturated carbocycles. The number of nitrogens with zero attached hydrogens (tertiary/aromatic N) is 2. The normalized spacial score (nSPS) is 10.8. The second-order valence-corrected chi connectivity index (χ2v) is 7.62. The molecule has 1 amide bonds. The summed E-state index contributed by atoms with van der Waals surface area (Å²) in [6.07, 6.45) is 1.31. The Kier molecular flexibility index (Phi) is 6.12. The van der Waals surface area contributed by atoms with E-state index in [2.05, 4.69) is 26.2 Å². The molecule has 134 valence electrons. The van der Waals surface area contributed by atoms with Gasteiger partial charge in [-0.3, -0.25) is 9.59 Å². The molecule has 0 aliphatic rings. The molecule has 1 N–H and O–H groups in total. The van der Waals surface area contributed by atoms with Crippen LogP contribution in [-0.4, -0.2) is 27.5 Å². The first-order chi connectivity index (χ1) is 11.7. The fraction of sp³-hybridized carbons (Fsp3) is 0.375. The van der Waals surface area contributed by atoms with Gasteiger partial charge in [-0.1, -0.05) is 11.3 Å². The highest BCUT2D eigenvalue weighted by Gasteiger charge is 2.19. The van der Waals surface area contributed by atoms with Gasteiger partial charge < -0.3 is 14.6 Å². The zero-order valence-corrected chi connectivity index (χ0v) is 16.7. The molecule has 2 aromatic rings. The number of aromatic nitrogens is 2. The van der Waals surface area contributed by atoms with Crippen molar-refractivity contribution in [3.8, 4) is 0 Å². The van der Waals surface area contributed by atoms with Crippen LogP contribution in [0.5, 0.6) is 0 Å². The van der Waals surface area contributed by atoms with E-state index in [0.717, 1.165) is 11.3 Å². The summed E-state index contributed by atoms with van der Waals surface area (Å²) in [4.78, 5) is 40.7. The van der Waals surface area contributed by atoms with Gasteiger partial charge in [0.15, 0.2) is 5.13 Å². The summed E-state index contributed by atoms with van der Waals surface area (Å²) in [5.74, 6) is -0.874. The van der Waals surface area contributed by atoms with Crippen molar-refractivity contribution in [1.82, 2.24) is 9.55 Å². The van der Waals surface area contributed by atoms with Gasteiger partial charge in [0.2, 0.25) is 5.91 Å². The van der Waals surface area contributed by atoms with Gasteiger partial charge in [0, 0.05) is 16.2 Å². The van der Waals surface area contributed by atoms with Crippen LogP contribution < -0.4 is 10.9 Å². The zero-order valence-electron chi connectivity index (χ0n) is 14.3. The summed E-state index contributed by atoms with van der Waals surface area (Å²) in [6, 6.07) is 1.69. The number of hydrogen-bond acceptors (Lipinski definition) is 6. The molecule has 0 saturated heterocycles. The van der Waals surface area contributed by atoms with E-state index in [1.807, 2.05) is 0 Å². The van der Waals surface area contributed by atoms with Crippen molar-refractivity contribution in [1.29, 1.82) is 0 Å². The molecule has 0 bridgehead atoms. The third-order valence-corrected chi connectivity index (χ3v) is 4.60. The number of esters is 1. The van der Waals surface area contributed by atoms with E-state index >= 15 is 0 Å². The quantitative estimate of drug-likeness (QED) is 0.740. The van der Waals surface area contributed by atoms with E-state index in [0.29, 0.717) is 20.6 Å². The predicted octanol–water partition coefficient (Wildman–Crippen LogP) is 2.89. The van der Waals surface area contributed by atoms with Crippen molar-refractivity contribution in [2.45, 2.75) is 40.3 Å². The molecule has 0 aliphatic heterocycles. The highest BCUT2D eigenvalue weighted by atomic mass is 79.9. The van der Waals surface area contributed by atoms with Crippen molar-refractivity contribution < 1.29 is 14.3 Å². The monoisotopic (exact) mass is 427 g/mol. The van der Waals surface area contributed by atoms with Gasteiger partial charge in [0.25, 0.3) is 5.56 Å². The molecule has 0 aliphatic carbocycles. The molecule has 25 heavy (non-hydrogen) atoms. The van der Waals surface area contributed by atoms with Crippen molar-refractivity contribution in [3.63, 3.8) is 0 Å². The minimum Gasteiger partial charge on any atom is -0.459 e. The molecule has 2 heterocycles. The van der Waals surface area contributed by atoms with Crippen LogP contribution in [0, 0.1) is 13.8 Å². The first-order valence-electron chi connectivity index (χ1n) is 7.52. The Bertz CT molecular complexity index is 873. The third kappa shape index (κ3) is 4.99. The maximum Gasteiger partial charge on any atom is 0.350 e. The van der Waals surface area contributed by atoms with Gasteiger partial charge in [-0.05, 0) is 49.7 Å². The van der Waals surface area contributed by atoms with Gasteiger partial charge in [0.1, 0.15) is 11.4 Å². The Labute approximate surface area is 157 Å². The number of ether oxygens (including phenoxy) is 1. The number of halogens is 1. The van der Waals surface area contributed by atoms with Gasteiger partial charge in [-0.15, -0.1) is 0 Å². The molecule has 0 aromatic carbocycles. The Hall–Kier alpha value is -2.00. The lowest BCUT2D eigenvalue weighted by Gasteiger charge is -2.07. The lowest BCUT2D eigenvalue weighted by Crippen LogP contribution is -2.28. The highest BCUT2D eigenvalue weighted by Crippen LogP contribution is 2.23. The average Bonchev–Trinajstić information content (AvgIpc) is 2.84. The molecule has 0 atom stereocenters. The number of anilines is 1. The summed E-state index contributed by atoms with van der Waals surface area (Å²) < 4.78 is 7.16. The second kappa shape index (κ2) is 7.92. The van der Waals surface area contributed by atoms with Crippen LogP contribution >= 0.6 is 27.3 Å². The van der Waals surface area contributed by atoms with E-state index in [4.69, 9.17) is 4.74 Å². The second-order valence-electron chi connectivity index (χ2n) is 5.71. The maximum absolute atomic E-state index is 12.2. The number of carbonyl (C=O) groups is 2. The fourth-order valence-corrected chi connectivity index (χ4v) is 3.53. The van der Waals surface area contributed by atoms with Crippen LogP contribution in [-0.2, 0) is 16.1 Å². The lowest BCUT2D eigenvalue weighted by molar-refractivity contribution is -0.116. The first kappa shape index (κ1) is 19.3. The SMILES string of the molecule is Cc1nc(NC(=O)Cn2cc(Br)cc(C)c2=O)sc1C(=O)OC(C)C. The van der Waals surface area contributed by atoms with Gasteiger partial charge in [0.05, 0.1) is 11.8 Å². The van der Waals surface area contributed by atoms with Crippen LogP contribution in [0.1, 0.15) is 34.8 Å². The molecule has 0 unspecified atom stereocenters. The van der Waals surface area contributed by atoms with Crippen LogP contribution in [0.15, 0.2) is 21.5 Å². The van der Waals surface area contributed by atoms with Gasteiger partial charge in [-0.2, -0.15) is 0 Å². The number of thiazole rings is 1. The summed E-state index contributed by atoms with van der Waals surface area (Å²) in [6.45, 7) is 6.72. The molecular formula is C16H18BrN3O4S. The molecule has 7 nitrogen and oxygen atoms in total. The average molecular weight is 428 g/mol. The standard InChI is InChI=1S/C16H18BrN3O4S/c1-8(2)24-15(23)13-10(4)18-16(25-13)19-12(21)7-20-6-11(17)5-9(3)14(20)22/h5-6,8H,7H2,1-4H3,(H,18,19,21). The van der Waals surface area contributed by atoms with E-state index < -0.39 is 11.9 Å². The number of hydrogen-bond donors (Lipinski definition) is 1. The maximum atomic E-state index is 12.2. The Morgan fingerprint density at radius 2 is 2.08 bits per heavy atom. The zero-order chi connectivity index (χ0) is 18.7. The largest absolute Gasteiger partial charge is 0.459 e. The molecular weight excluding hydrogens is 410 g/mol. The van der Waals surface area contributed by atoms with E-state index in [9.17, 15) is 14.4 Å². The summed E-state index contributed by atoms with van der Waals surface area (Å²) in [5.41, 5.74) is 0.780. The first-order valence-corrected chi connectivity index (χ1v) is 9.13. The van der Waals surface area contributed by atoms with Crippen molar-refractivity contribution >= 4 is 44.3 Å². The third-order valence-electron chi connectivity index (χ3n) is 3.12. The predicted molar refractivity (Wildman–Crippen MR) is 99.2 cm³/mol. The molecule has 2 aromatic heterocycles. The lowest BCUT2D eigenvalue weighted by atomic mass is 10.3. The van der Waals surface area contributed by atoms with Crippen LogP contribution in [0.3, 0.4) is 0 Å². The molecule has 2 rings (SSSR count). The topological polar surface area (TPSA) is 90.3 Å². The number of pyridine rings is 1. The molecule has 0 fully saturated rings.